The fraction of sp³-hybridized carbons (Fsp3) is 0.333. The van der Waals surface area contributed by atoms with Crippen LogP contribution in [0.2, 0.25) is 5.02 Å². The summed E-state index contributed by atoms with van der Waals surface area (Å²) in [6.45, 7) is 2.34. The number of halogens is 4. The van der Waals surface area contributed by atoms with E-state index in [1.165, 1.54) is 6.07 Å². The minimum atomic E-state index is -4.38. The zero-order valence-corrected chi connectivity index (χ0v) is 20.0. The van der Waals surface area contributed by atoms with Gasteiger partial charge in [-0.2, -0.15) is 18.3 Å². The molecule has 2 aromatic carbocycles. The third-order valence-corrected chi connectivity index (χ3v) is 6.19. The zero-order valence-electron chi connectivity index (χ0n) is 19.3. The molecule has 1 aromatic heterocycles. The SMILES string of the molecule is COc1ccc(NC(=O)CN2CCN(c3cccc(C(F)(F)F)c3)CC2)cc1-c1c(Cl)cnn1C. The predicted octanol–water partition coefficient (Wildman–Crippen LogP) is 4.53. The molecule has 4 rings (SSSR count). The molecule has 0 saturated carbocycles. The van der Waals surface area contributed by atoms with Crippen molar-refractivity contribution < 1.29 is 22.7 Å². The molecule has 186 valence electrons. The lowest BCUT2D eigenvalue weighted by Gasteiger charge is -2.36. The first-order valence-electron chi connectivity index (χ1n) is 11.0. The van der Waals surface area contributed by atoms with Crippen molar-refractivity contribution in [2.24, 2.45) is 7.05 Å². The van der Waals surface area contributed by atoms with E-state index in [2.05, 4.69) is 10.4 Å². The molecule has 1 fully saturated rings. The summed E-state index contributed by atoms with van der Waals surface area (Å²) >= 11 is 6.29. The summed E-state index contributed by atoms with van der Waals surface area (Å²) in [5, 5.41) is 7.52. The normalized spacial score (nSPS) is 14.7. The minimum absolute atomic E-state index is 0.171. The Morgan fingerprint density at radius 1 is 1.14 bits per heavy atom. The van der Waals surface area contributed by atoms with Gasteiger partial charge in [-0.25, -0.2) is 0 Å². The quantitative estimate of drug-likeness (QED) is 0.531. The fourth-order valence-electron chi connectivity index (χ4n) is 4.13. The number of carbonyl (C=O) groups is 1. The minimum Gasteiger partial charge on any atom is -0.496 e. The lowest BCUT2D eigenvalue weighted by molar-refractivity contribution is -0.137. The number of piperazine rings is 1. The van der Waals surface area contributed by atoms with Gasteiger partial charge in [0.2, 0.25) is 5.91 Å². The molecule has 0 radical (unpaired) electrons. The van der Waals surface area contributed by atoms with Gasteiger partial charge in [-0.1, -0.05) is 17.7 Å². The molecule has 1 amide bonds. The number of aromatic nitrogens is 2. The maximum atomic E-state index is 13.0. The molecule has 11 heteroatoms. The van der Waals surface area contributed by atoms with Gasteiger partial charge in [0.25, 0.3) is 0 Å². The molecule has 7 nitrogen and oxygen atoms in total. The molecule has 0 bridgehead atoms. The number of nitrogens with one attached hydrogen (secondary N) is 1. The van der Waals surface area contributed by atoms with Gasteiger partial charge >= 0.3 is 6.18 Å². The maximum Gasteiger partial charge on any atom is 0.416 e. The Labute approximate surface area is 206 Å². The van der Waals surface area contributed by atoms with Crippen LogP contribution in [0, 0.1) is 0 Å². The van der Waals surface area contributed by atoms with Gasteiger partial charge in [-0.3, -0.25) is 14.4 Å². The number of hydrogen-bond acceptors (Lipinski definition) is 5. The first-order chi connectivity index (χ1) is 16.7. The van der Waals surface area contributed by atoms with E-state index in [1.807, 2.05) is 9.80 Å². The number of amides is 1. The Bertz CT molecular complexity index is 1190. The average molecular weight is 508 g/mol. The highest BCUT2D eigenvalue weighted by Crippen LogP contribution is 2.36. The lowest BCUT2D eigenvalue weighted by atomic mass is 10.1. The number of nitrogens with zero attached hydrogens (tertiary/aromatic N) is 4. The Morgan fingerprint density at radius 2 is 1.89 bits per heavy atom. The molecular formula is C24H25ClF3N5O2. The van der Waals surface area contributed by atoms with Gasteiger partial charge in [0, 0.05) is 50.2 Å². The average Bonchev–Trinajstić information content (AvgIpc) is 3.16. The molecule has 0 spiro atoms. The molecule has 3 aromatic rings. The second kappa shape index (κ2) is 10.2. The molecule has 2 heterocycles. The number of carbonyl (C=O) groups excluding carboxylic acids is 1. The molecule has 35 heavy (non-hydrogen) atoms. The third kappa shape index (κ3) is 5.71. The van der Waals surface area contributed by atoms with E-state index in [4.69, 9.17) is 16.3 Å². The van der Waals surface area contributed by atoms with E-state index >= 15 is 0 Å². The van der Waals surface area contributed by atoms with Crippen LogP contribution in [0.3, 0.4) is 0 Å². The molecule has 0 unspecified atom stereocenters. The Kier molecular flexibility index (Phi) is 7.23. The highest BCUT2D eigenvalue weighted by atomic mass is 35.5. The first-order valence-corrected chi connectivity index (χ1v) is 11.3. The Balaban J connectivity index is 1.37. The summed E-state index contributed by atoms with van der Waals surface area (Å²) < 4.78 is 46.1. The van der Waals surface area contributed by atoms with Crippen LogP contribution in [0.4, 0.5) is 24.5 Å². The number of benzene rings is 2. The predicted molar refractivity (Wildman–Crippen MR) is 129 cm³/mol. The summed E-state index contributed by atoms with van der Waals surface area (Å²) in [4.78, 5) is 16.6. The highest BCUT2D eigenvalue weighted by Gasteiger charge is 2.31. The third-order valence-electron chi connectivity index (χ3n) is 5.91. The van der Waals surface area contributed by atoms with E-state index in [9.17, 15) is 18.0 Å². The maximum absolute atomic E-state index is 13.0. The van der Waals surface area contributed by atoms with E-state index in [0.717, 1.165) is 12.1 Å². The summed E-state index contributed by atoms with van der Waals surface area (Å²) in [7, 11) is 3.32. The topological polar surface area (TPSA) is 62.6 Å². The number of aryl methyl sites for hydroxylation is 1. The number of anilines is 2. The van der Waals surface area contributed by atoms with E-state index in [-0.39, 0.29) is 12.5 Å². The smallest absolute Gasteiger partial charge is 0.416 e. The largest absolute Gasteiger partial charge is 0.496 e. The van der Waals surface area contributed by atoms with Crippen LogP contribution in [0.25, 0.3) is 11.3 Å². The van der Waals surface area contributed by atoms with E-state index in [1.54, 1.807) is 49.3 Å². The summed E-state index contributed by atoms with van der Waals surface area (Å²) in [6.07, 6.45) is -2.83. The molecule has 0 atom stereocenters. The van der Waals surface area contributed by atoms with Crippen molar-refractivity contribution in [3.63, 3.8) is 0 Å². The number of ether oxygens (including phenoxy) is 1. The zero-order chi connectivity index (χ0) is 25.2. The molecule has 1 saturated heterocycles. The van der Waals surface area contributed by atoms with E-state index < -0.39 is 11.7 Å². The molecule has 1 N–H and O–H groups in total. The van der Waals surface area contributed by atoms with Crippen molar-refractivity contribution in [3.05, 3.63) is 59.2 Å². The Morgan fingerprint density at radius 3 is 2.51 bits per heavy atom. The summed E-state index contributed by atoms with van der Waals surface area (Å²) in [6, 6.07) is 10.6. The molecule has 1 aliphatic rings. The van der Waals surface area contributed by atoms with Crippen LogP contribution >= 0.6 is 11.6 Å². The molecule has 1 aliphatic heterocycles. The van der Waals surface area contributed by atoms with Crippen molar-refractivity contribution >= 4 is 28.9 Å². The fourth-order valence-corrected chi connectivity index (χ4v) is 4.40. The van der Waals surface area contributed by atoms with Crippen LogP contribution in [0.1, 0.15) is 5.56 Å². The van der Waals surface area contributed by atoms with Crippen molar-refractivity contribution in [1.29, 1.82) is 0 Å². The number of hydrogen-bond donors (Lipinski definition) is 1. The van der Waals surface area contributed by atoms with Gasteiger partial charge in [0.1, 0.15) is 5.75 Å². The lowest BCUT2D eigenvalue weighted by Crippen LogP contribution is -2.48. The Hall–Kier alpha value is -3.24. The van der Waals surface area contributed by atoms with Gasteiger partial charge in [-0.15, -0.1) is 0 Å². The second-order valence-corrected chi connectivity index (χ2v) is 8.65. The van der Waals surface area contributed by atoms with Crippen molar-refractivity contribution in [1.82, 2.24) is 14.7 Å². The number of alkyl halides is 3. The highest BCUT2D eigenvalue weighted by molar-refractivity contribution is 6.33. The monoisotopic (exact) mass is 507 g/mol. The van der Waals surface area contributed by atoms with Crippen LogP contribution in [-0.4, -0.2) is 60.4 Å². The standard InChI is InChI=1S/C24H25ClF3N5O2/c1-31-23(20(25)14-29-31)19-13-17(6-7-21(19)35-2)30-22(34)15-32-8-10-33(11-9-32)18-5-3-4-16(12-18)24(26,27)28/h3-7,12-14H,8-11,15H2,1-2H3,(H,30,34). The molecule has 0 aliphatic carbocycles. The van der Waals surface area contributed by atoms with Gasteiger partial charge in [0.15, 0.2) is 0 Å². The number of methoxy groups -OCH3 is 1. The van der Waals surface area contributed by atoms with Gasteiger partial charge in [0.05, 0.1) is 36.1 Å². The second-order valence-electron chi connectivity index (χ2n) is 8.24. The van der Waals surface area contributed by atoms with Crippen LogP contribution in [0.15, 0.2) is 48.7 Å². The van der Waals surface area contributed by atoms with Crippen molar-refractivity contribution in [3.8, 4) is 17.0 Å². The summed E-state index contributed by atoms with van der Waals surface area (Å²) in [5.74, 6) is 0.406. The van der Waals surface area contributed by atoms with Crippen LogP contribution in [0.5, 0.6) is 5.75 Å². The first kappa shape index (κ1) is 24.9. The molecular weight excluding hydrogens is 483 g/mol. The van der Waals surface area contributed by atoms with Crippen LogP contribution < -0.4 is 15.0 Å². The van der Waals surface area contributed by atoms with E-state index in [0.29, 0.717) is 59.6 Å². The van der Waals surface area contributed by atoms with Gasteiger partial charge in [-0.05, 0) is 36.4 Å². The summed E-state index contributed by atoms with van der Waals surface area (Å²) in [5.41, 5.74) is 1.83. The van der Waals surface area contributed by atoms with Gasteiger partial charge < -0.3 is 15.0 Å². The number of rotatable bonds is 6. The van der Waals surface area contributed by atoms with Crippen molar-refractivity contribution in [2.45, 2.75) is 6.18 Å². The van der Waals surface area contributed by atoms with Crippen molar-refractivity contribution in [2.75, 3.05) is 50.1 Å². The van der Waals surface area contributed by atoms with Crippen LogP contribution in [-0.2, 0) is 18.0 Å².